The lowest BCUT2D eigenvalue weighted by Crippen LogP contribution is -2.30. The van der Waals surface area contributed by atoms with E-state index in [1.807, 2.05) is 6.07 Å². The minimum atomic E-state index is -0.970. The largest absolute Gasteiger partial charge is 0.396 e. The molecule has 1 aliphatic carbocycles. The Balaban J connectivity index is 1.31. The highest BCUT2D eigenvalue weighted by Gasteiger charge is 2.42. The summed E-state index contributed by atoms with van der Waals surface area (Å²) < 4.78 is 1.79. The summed E-state index contributed by atoms with van der Waals surface area (Å²) in [4.78, 5) is 15.7. The molecule has 4 N–H and O–H groups in total. The average molecular weight is 425 g/mol. The number of aromatic nitrogens is 4. The second kappa shape index (κ2) is 8.51. The van der Waals surface area contributed by atoms with Gasteiger partial charge in [-0.3, -0.25) is 4.90 Å². The molecule has 2 aliphatic rings. The van der Waals surface area contributed by atoms with Crippen LogP contribution in [-0.2, 0) is 6.54 Å². The van der Waals surface area contributed by atoms with Gasteiger partial charge in [-0.1, -0.05) is 30.3 Å². The second-order valence-corrected chi connectivity index (χ2v) is 8.62. The zero-order valence-corrected chi connectivity index (χ0v) is 17.2. The van der Waals surface area contributed by atoms with Gasteiger partial charge in [-0.05, 0) is 18.4 Å². The van der Waals surface area contributed by atoms with Gasteiger partial charge in [0.2, 0.25) is 0 Å². The van der Waals surface area contributed by atoms with Crippen LogP contribution in [-0.4, -0.2) is 77.7 Å². The van der Waals surface area contributed by atoms with Gasteiger partial charge in [0.05, 0.1) is 18.5 Å². The highest BCUT2D eigenvalue weighted by atomic mass is 16.3. The molecule has 1 aliphatic heterocycles. The number of anilines is 1. The fourth-order valence-corrected chi connectivity index (χ4v) is 4.89. The number of fused-ring (bicyclic) bond motifs is 1. The molecule has 3 aromatic rings. The maximum atomic E-state index is 10.5. The molecule has 5 atom stereocenters. The van der Waals surface area contributed by atoms with Crippen molar-refractivity contribution in [3.8, 4) is 0 Å². The van der Waals surface area contributed by atoms with Gasteiger partial charge >= 0.3 is 0 Å². The van der Waals surface area contributed by atoms with Gasteiger partial charge in [0.15, 0.2) is 11.5 Å². The molecular weight excluding hydrogens is 396 g/mol. The number of hydrogen-bond donors (Lipinski definition) is 4. The first-order valence-electron chi connectivity index (χ1n) is 10.8. The molecule has 31 heavy (non-hydrogen) atoms. The van der Waals surface area contributed by atoms with E-state index >= 15 is 0 Å². The first-order valence-corrected chi connectivity index (χ1v) is 10.8. The predicted octanol–water partition coefficient (Wildman–Crippen LogP) is 0.788. The van der Waals surface area contributed by atoms with Crippen LogP contribution in [0.3, 0.4) is 0 Å². The third-order valence-electron chi connectivity index (χ3n) is 6.58. The van der Waals surface area contributed by atoms with Gasteiger partial charge in [0, 0.05) is 38.2 Å². The lowest BCUT2D eigenvalue weighted by molar-refractivity contribution is -0.00370. The van der Waals surface area contributed by atoms with Crippen molar-refractivity contribution in [3.05, 3.63) is 48.5 Å². The third kappa shape index (κ3) is 3.89. The molecular formula is C22H28N6O3. The zero-order chi connectivity index (χ0) is 21.4. The Labute approximate surface area is 180 Å². The molecule has 0 unspecified atom stereocenters. The van der Waals surface area contributed by atoms with Crippen molar-refractivity contribution in [2.75, 3.05) is 25.0 Å². The molecule has 0 spiro atoms. The standard InChI is InChI=1S/C22H28N6O3/c29-11-15-8-17(20(31)19(15)30)28-13-25-18-21(23-12-24-22(18)28)26-16-6-7-27(10-16)9-14-4-2-1-3-5-14/h1-5,12-13,15-17,19-20,29-31H,6-11H2,(H,23,24,26)/t15-,16+,17-,19-,20+/m1/s1. The van der Waals surface area contributed by atoms with E-state index in [2.05, 4.69) is 49.4 Å². The number of hydrogen-bond acceptors (Lipinski definition) is 8. The number of nitrogens with zero attached hydrogens (tertiary/aromatic N) is 5. The quantitative estimate of drug-likeness (QED) is 0.459. The van der Waals surface area contributed by atoms with Crippen molar-refractivity contribution >= 4 is 17.0 Å². The van der Waals surface area contributed by atoms with E-state index in [9.17, 15) is 15.3 Å². The molecule has 9 nitrogen and oxygen atoms in total. The van der Waals surface area contributed by atoms with E-state index in [4.69, 9.17) is 0 Å². The summed E-state index contributed by atoms with van der Waals surface area (Å²) in [5, 5.41) is 33.6. The second-order valence-electron chi connectivity index (χ2n) is 8.62. The van der Waals surface area contributed by atoms with E-state index in [1.165, 1.54) is 11.9 Å². The Morgan fingerprint density at radius 1 is 1.06 bits per heavy atom. The Kier molecular flexibility index (Phi) is 5.58. The van der Waals surface area contributed by atoms with E-state index < -0.39 is 12.2 Å². The molecule has 164 valence electrons. The van der Waals surface area contributed by atoms with Crippen LogP contribution in [0.15, 0.2) is 43.0 Å². The summed E-state index contributed by atoms with van der Waals surface area (Å²) in [6.07, 6.45) is 2.70. The summed E-state index contributed by atoms with van der Waals surface area (Å²) >= 11 is 0. The molecule has 1 aromatic carbocycles. The number of likely N-dealkylation sites (tertiary alicyclic amines) is 1. The van der Waals surface area contributed by atoms with Gasteiger partial charge in [-0.2, -0.15) is 0 Å². The van der Waals surface area contributed by atoms with Crippen molar-refractivity contribution in [1.82, 2.24) is 24.4 Å². The molecule has 2 fully saturated rings. The number of aliphatic hydroxyl groups is 3. The fraction of sp³-hybridized carbons (Fsp3) is 0.500. The van der Waals surface area contributed by atoms with Gasteiger partial charge in [-0.25, -0.2) is 15.0 Å². The first kappa shape index (κ1) is 20.3. The number of nitrogens with one attached hydrogen (secondary N) is 1. The van der Waals surface area contributed by atoms with Gasteiger partial charge in [0.25, 0.3) is 0 Å². The molecule has 0 bridgehead atoms. The Morgan fingerprint density at radius 2 is 1.90 bits per heavy atom. The van der Waals surface area contributed by atoms with Crippen LogP contribution in [0.4, 0.5) is 5.82 Å². The molecule has 0 radical (unpaired) electrons. The maximum Gasteiger partial charge on any atom is 0.165 e. The molecule has 1 saturated heterocycles. The molecule has 9 heteroatoms. The van der Waals surface area contributed by atoms with Crippen LogP contribution >= 0.6 is 0 Å². The smallest absolute Gasteiger partial charge is 0.165 e. The third-order valence-corrected chi connectivity index (χ3v) is 6.58. The molecule has 5 rings (SSSR count). The van der Waals surface area contributed by atoms with Crippen LogP contribution in [0.1, 0.15) is 24.4 Å². The lowest BCUT2D eigenvalue weighted by atomic mass is 10.1. The highest BCUT2D eigenvalue weighted by Crippen LogP contribution is 2.37. The van der Waals surface area contributed by atoms with Gasteiger partial charge in [-0.15, -0.1) is 0 Å². The van der Waals surface area contributed by atoms with Crippen molar-refractivity contribution < 1.29 is 15.3 Å². The normalized spacial score (nSPS) is 29.1. The maximum absolute atomic E-state index is 10.5. The predicted molar refractivity (Wildman–Crippen MR) is 115 cm³/mol. The number of aliphatic hydroxyl groups excluding tert-OH is 3. The van der Waals surface area contributed by atoms with E-state index in [0.717, 1.165) is 26.1 Å². The Hall–Kier alpha value is -2.59. The van der Waals surface area contributed by atoms with Crippen LogP contribution in [0.2, 0.25) is 0 Å². The van der Waals surface area contributed by atoms with E-state index in [-0.39, 0.29) is 24.6 Å². The van der Waals surface area contributed by atoms with E-state index in [0.29, 0.717) is 23.4 Å². The topological polar surface area (TPSA) is 120 Å². The molecule has 3 heterocycles. The van der Waals surface area contributed by atoms with Crippen LogP contribution < -0.4 is 5.32 Å². The lowest BCUT2D eigenvalue weighted by Gasteiger charge is -2.19. The molecule has 2 aromatic heterocycles. The Morgan fingerprint density at radius 3 is 2.68 bits per heavy atom. The summed E-state index contributed by atoms with van der Waals surface area (Å²) in [7, 11) is 0. The van der Waals surface area contributed by atoms with Crippen LogP contribution in [0.25, 0.3) is 11.2 Å². The van der Waals surface area contributed by atoms with Crippen molar-refractivity contribution in [2.45, 2.75) is 43.7 Å². The zero-order valence-electron chi connectivity index (χ0n) is 17.2. The summed E-state index contributed by atoms with van der Waals surface area (Å²) in [5.41, 5.74) is 2.58. The molecule has 1 saturated carbocycles. The summed E-state index contributed by atoms with van der Waals surface area (Å²) in [5.74, 6) is 0.327. The number of imidazole rings is 1. The van der Waals surface area contributed by atoms with Gasteiger partial charge < -0.3 is 25.2 Å². The summed E-state index contributed by atoms with van der Waals surface area (Å²) in [6.45, 7) is 2.71. The highest BCUT2D eigenvalue weighted by molar-refractivity contribution is 5.83. The average Bonchev–Trinajstić information content (AvgIpc) is 3.48. The summed E-state index contributed by atoms with van der Waals surface area (Å²) in [6, 6.07) is 10.4. The van der Waals surface area contributed by atoms with Crippen LogP contribution in [0, 0.1) is 5.92 Å². The SMILES string of the molecule is OC[C@H]1C[C@@H](n2cnc3c(N[C@H]4CCN(Cc5ccccc5)C4)ncnc32)[C@H](O)[C@@H]1O. The minimum absolute atomic E-state index is 0.162. The first-order chi connectivity index (χ1) is 15.1. The minimum Gasteiger partial charge on any atom is -0.396 e. The number of benzene rings is 1. The number of rotatable bonds is 6. The fourth-order valence-electron chi connectivity index (χ4n) is 4.89. The van der Waals surface area contributed by atoms with Crippen molar-refractivity contribution in [1.29, 1.82) is 0 Å². The monoisotopic (exact) mass is 424 g/mol. The van der Waals surface area contributed by atoms with Crippen molar-refractivity contribution in [3.63, 3.8) is 0 Å². The van der Waals surface area contributed by atoms with Crippen molar-refractivity contribution in [2.24, 2.45) is 5.92 Å². The van der Waals surface area contributed by atoms with Gasteiger partial charge in [0.1, 0.15) is 17.9 Å². The Bertz CT molecular complexity index is 1030. The van der Waals surface area contributed by atoms with E-state index in [1.54, 1.807) is 10.9 Å². The van der Waals surface area contributed by atoms with Crippen LogP contribution in [0.5, 0.6) is 0 Å². The molecule has 0 amide bonds.